The summed E-state index contributed by atoms with van der Waals surface area (Å²) in [6.45, 7) is 0. The standard InChI is InChI=1S/CH2O3.CH4.2H2O/c2-1(3)4;;;/h(H2,2,3,4);1H4;2*1H2. The molecule has 6 N–H and O–H groups in total. The molecule has 0 aliphatic carbocycles. The lowest BCUT2D eigenvalue weighted by molar-refractivity contribution is 0.137. The molecule has 0 saturated heterocycles. The Morgan fingerprint density at radius 2 is 1.14 bits per heavy atom. The maximum absolute atomic E-state index is 8.56. The zero-order valence-corrected chi connectivity index (χ0v) is 2.80. The van der Waals surface area contributed by atoms with Crippen LogP contribution in [0.3, 0.4) is 0 Å². The molecule has 0 atom stereocenters. The molecule has 0 radical (unpaired) electrons. The van der Waals surface area contributed by atoms with Crippen molar-refractivity contribution in [2.45, 2.75) is 7.43 Å². The molecule has 0 aromatic carbocycles. The minimum absolute atomic E-state index is 0. The monoisotopic (exact) mass is 114 g/mol. The van der Waals surface area contributed by atoms with Crippen molar-refractivity contribution in [1.82, 2.24) is 0 Å². The van der Waals surface area contributed by atoms with E-state index in [1.165, 1.54) is 0 Å². The first-order valence-electron chi connectivity index (χ1n) is 0.651. The van der Waals surface area contributed by atoms with Gasteiger partial charge < -0.3 is 21.2 Å². The van der Waals surface area contributed by atoms with Crippen LogP contribution >= 0.6 is 0 Å². The highest BCUT2D eigenvalue weighted by Crippen LogP contribution is 1.42. The first-order chi connectivity index (χ1) is 1.73. The van der Waals surface area contributed by atoms with Crippen molar-refractivity contribution in [3.63, 3.8) is 0 Å². The maximum Gasteiger partial charge on any atom is 0.503 e. The lowest BCUT2D eigenvalue weighted by Gasteiger charge is -1.60. The van der Waals surface area contributed by atoms with Gasteiger partial charge in [-0.3, -0.25) is 0 Å². The van der Waals surface area contributed by atoms with Gasteiger partial charge in [0.25, 0.3) is 0 Å². The smallest absolute Gasteiger partial charge is 0.450 e. The molecule has 5 heteroatoms. The second-order valence-electron chi connectivity index (χ2n) is 0.283. The number of hydrogen-bond donors (Lipinski definition) is 2. The highest BCUT2D eigenvalue weighted by atomic mass is 16.6. The van der Waals surface area contributed by atoms with Crippen molar-refractivity contribution in [1.29, 1.82) is 0 Å². The minimum Gasteiger partial charge on any atom is -0.450 e. The van der Waals surface area contributed by atoms with Crippen molar-refractivity contribution in [2.75, 3.05) is 0 Å². The Hall–Kier alpha value is -0.810. The van der Waals surface area contributed by atoms with Gasteiger partial charge in [-0.25, -0.2) is 4.79 Å². The summed E-state index contributed by atoms with van der Waals surface area (Å²) in [7, 11) is 0. The predicted molar refractivity (Wildman–Crippen MR) is 24.6 cm³/mol. The molecule has 0 amide bonds. The van der Waals surface area contributed by atoms with Crippen LogP contribution in [0, 0.1) is 0 Å². The molecule has 5 nitrogen and oxygen atoms in total. The fraction of sp³-hybridized carbons (Fsp3) is 0.500. The van der Waals surface area contributed by atoms with Crippen LogP contribution in [0.2, 0.25) is 0 Å². The third kappa shape index (κ3) is 80.5. The van der Waals surface area contributed by atoms with Gasteiger partial charge in [0, 0.05) is 0 Å². The predicted octanol–water partition coefficient (Wildman–Crippen LogP) is -0.791. The third-order valence-corrected chi connectivity index (χ3v) is 0. The average molecular weight is 114 g/mol. The van der Waals surface area contributed by atoms with E-state index in [0.29, 0.717) is 0 Å². The third-order valence-electron chi connectivity index (χ3n) is 0. The Morgan fingerprint density at radius 3 is 1.14 bits per heavy atom. The number of carbonyl (C=O) groups is 1. The molecule has 0 aromatic heterocycles. The molecule has 0 heterocycles. The van der Waals surface area contributed by atoms with Crippen LogP contribution in [0.25, 0.3) is 0 Å². The van der Waals surface area contributed by atoms with Crippen LogP contribution in [0.15, 0.2) is 0 Å². The summed E-state index contributed by atoms with van der Waals surface area (Å²) in [4.78, 5) is 8.56. The molecule has 0 fully saturated rings. The van der Waals surface area contributed by atoms with E-state index in [1.807, 2.05) is 0 Å². The Balaban J connectivity index is -0.0000000150. The molecular formula is C2H10O5. The molecule has 0 aliphatic rings. The van der Waals surface area contributed by atoms with Crippen molar-refractivity contribution < 1.29 is 26.0 Å². The van der Waals surface area contributed by atoms with Gasteiger partial charge in [-0.1, -0.05) is 7.43 Å². The summed E-state index contributed by atoms with van der Waals surface area (Å²) in [5, 5.41) is 13.9. The molecule has 0 spiro atoms. The summed E-state index contributed by atoms with van der Waals surface area (Å²) >= 11 is 0. The lowest BCUT2D eigenvalue weighted by atomic mass is 11.5. The van der Waals surface area contributed by atoms with Crippen LogP contribution in [0.5, 0.6) is 0 Å². The molecule has 7 heavy (non-hydrogen) atoms. The van der Waals surface area contributed by atoms with E-state index in [4.69, 9.17) is 15.0 Å². The first kappa shape index (κ1) is 34.8. The highest BCUT2D eigenvalue weighted by Gasteiger charge is 1.70. The second kappa shape index (κ2) is 19.0. The zero-order valence-electron chi connectivity index (χ0n) is 2.80. The molecular weight excluding hydrogens is 104 g/mol. The van der Waals surface area contributed by atoms with Crippen molar-refractivity contribution in [3.8, 4) is 0 Å². The van der Waals surface area contributed by atoms with E-state index in [0.717, 1.165) is 0 Å². The SMILES string of the molecule is C.O.O.O=C(O)O. The Bertz CT molecular complexity index is 29.1. The fourth-order valence-corrected chi connectivity index (χ4v) is 0. The van der Waals surface area contributed by atoms with Gasteiger partial charge >= 0.3 is 6.16 Å². The Morgan fingerprint density at radius 1 is 1.14 bits per heavy atom. The second-order valence-corrected chi connectivity index (χ2v) is 0.283. The minimum atomic E-state index is -1.83. The summed E-state index contributed by atoms with van der Waals surface area (Å²) in [6, 6.07) is 0. The summed E-state index contributed by atoms with van der Waals surface area (Å²) in [6.07, 6.45) is -1.83. The van der Waals surface area contributed by atoms with Gasteiger partial charge in [-0.15, -0.1) is 0 Å². The molecule has 0 aromatic rings. The zero-order chi connectivity index (χ0) is 3.58. The summed E-state index contributed by atoms with van der Waals surface area (Å²) < 4.78 is 0. The van der Waals surface area contributed by atoms with Crippen LogP contribution in [-0.2, 0) is 0 Å². The van der Waals surface area contributed by atoms with E-state index < -0.39 is 6.16 Å². The van der Waals surface area contributed by atoms with E-state index in [-0.39, 0.29) is 18.4 Å². The Kier molecular flexibility index (Phi) is 94.4. The number of carboxylic acid groups (broad SMARTS) is 2. The van der Waals surface area contributed by atoms with Crippen molar-refractivity contribution in [3.05, 3.63) is 0 Å². The maximum atomic E-state index is 8.56. The van der Waals surface area contributed by atoms with Crippen LogP contribution < -0.4 is 0 Å². The summed E-state index contributed by atoms with van der Waals surface area (Å²) in [5.41, 5.74) is 0. The Labute approximate surface area is 40.8 Å². The van der Waals surface area contributed by atoms with Gasteiger partial charge in [-0.2, -0.15) is 0 Å². The largest absolute Gasteiger partial charge is 0.503 e. The molecule has 48 valence electrons. The van der Waals surface area contributed by atoms with Crippen molar-refractivity contribution in [2.24, 2.45) is 0 Å². The van der Waals surface area contributed by atoms with Crippen LogP contribution in [-0.4, -0.2) is 27.3 Å². The van der Waals surface area contributed by atoms with Gasteiger partial charge in [0.1, 0.15) is 0 Å². The van der Waals surface area contributed by atoms with Gasteiger partial charge in [-0.05, 0) is 0 Å². The van der Waals surface area contributed by atoms with Gasteiger partial charge in [0.15, 0.2) is 0 Å². The molecule has 0 bridgehead atoms. The topological polar surface area (TPSA) is 121 Å². The van der Waals surface area contributed by atoms with E-state index in [2.05, 4.69) is 0 Å². The van der Waals surface area contributed by atoms with Crippen molar-refractivity contribution >= 4 is 6.16 Å². The molecule has 0 aliphatic heterocycles. The molecule has 0 rings (SSSR count). The highest BCUT2D eigenvalue weighted by molar-refractivity contribution is 5.53. The van der Waals surface area contributed by atoms with E-state index in [9.17, 15) is 0 Å². The van der Waals surface area contributed by atoms with Gasteiger partial charge in [0.2, 0.25) is 0 Å². The van der Waals surface area contributed by atoms with Gasteiger partial charge in [0.05, 0.1) is 0 Å². The van der Waals surface area contributed by atoms with E-state index in [1.54, 1.807) is 0 Å². The first-order valence-corrected chi connectivity index (χ1v) is 0.651. The number of hydrogen-bond acceptors (Lipinski definition) is 1. The fourth-order valence-electron chi connectivity index (χ4n) is 0. The normalized spacial score (nSPS) is 3.43. The lowest BCUT2D eigenvalue weighted by Crippen LogP contribution is -1.81. The quantitative estimate of drug-likeness (QED) is 0.429. The van der Waals surface area contributed by atoms with Crippen LogP contribution in [0.4, 0.5) is 4.79 Å². The summed E-state index contributed by atoms with van der Waals surface area (Å²) in [5.74, 6) is 0. The van der Waals surface area contributed by atoms with E-state index >= 15 is 0 Å². The average Bonchev–Trinajstić information content (AvgIpc) is 0.811. The molecule has 0 unspecified atom stereocenters. The number of rotatable bonds is 0. The molecule has 0 saturated carbocycles. The van der Waals surface area contributed by atoms with Crippen LogP contribution in [0.1, 0.15) is 7.43 Å².